The third-order valence-electron chi connectivity index (χ3n) is 5.17. The van der Waals surface area contributed by atoms with Gasteiger partial charge in [-0.25, -0.2) is 0 Å². The molecule has 2 aliphatic heterocycles. The van der Waals surface area contributed by atoms with Gasteiger partial charge in [0.15, 0.2) is 6.71 Å². The monoisotopic (exact) mass is 334 g/mol. The smallest absolute Gasteiger partial charge is 0.0843 e. The van der Waals surface area contributed by atoms with Crippen LogP contribution in [0.2, 0.25) is 10.0 Å². The Hall–Kier alpha value is -1.70. The molecule has 0 spiro atoms. The van der Waals surface area contributed by atoms with Gasteiger partial charge in [-0.05, 0) is 70.3 Å². The van der Waals surface area contributed by atoms with Crippen LogP contribution >= 0.6 is 23.2 Å². The van der Waals surface area contributed by atoms with E-state index >= 15 is 0 Å². The highest BCUT2D eigenvalue weighted by Crippen LogP contribution is 2.39. The minimum absolute atomic E-state index is 0.545. The molecule has 5 rings (SSSR count). The summed E-state index contributed by atoms with van der Waals surface area (Å²) in [6, 6.07) is 19.2. The molecule has 0 amide bonds. The van der Waals surface area contributed by atoms with E-state index in [1.54, 1.807) is 0 Å². The first-order chi connectivity index (χ1) is 11.2. The van der Waals surface area contributed by atoms with Gasteiger partial charge in [0, 0.05) is 10.0 Å². The van der Waals surface area contributed by atoms with Crippen LogP contribution in [-0.2, 0) is 12.6 Å². The van der Waals surface area contributed by atoms with Crippen LogP contribution in [0.1, 0.15) is 11.1 Å². The number of rotatable bonds is 0. The summed E-state index contributed by atoms with van der Waals surface area (Å²) >= 11 is 12.5. The summed E-state index contributed by atoms with van der Waals surface area (Å²) in [6.07, 6.45) is 2.16. The van der Waals surface area contributed by atoms with E-state index < -0.39 is 0 Å². The van der Waals surface area contributed by atoms with E-state index in [4.69, 9.17) is 23.2 Å². The Morgan fingerprint density at radius 3 is 1.70 bits per heavy atom. The number of hydrogen-bond donors (Lipinski definition) is 0. The molecule has 3 aromatic rings. The Morgan fingerprint density at radius 2 is 1.17 bits per heavy atom. The Bertz CT molecular complexity index is 888. The molecular formula is C20H13BCl2. The van der Waals surface area contributed by atoms with Gasteiger partial charge in [-0.1, -0.05) is 59.0 Å². The fraction of sp³-hybridized carbons (Fsp3) is 0.100. The van der Waals surface area contributed by atoms with E-state index in [2.05, 4.69) is 42.5 Å². The number of halogens is 2. The molecule has 3 aromatic carbocycles. The second-order valence-electron chi connectivity index (χ2n) is 6.47. The molecule has 0 aromatic heterocycles. The van der Waals surface area contributed by atoms with Crippen molar-refractivity contribution >= 4 is 35.4 Å². The molecule has 2 heterocycles. The first-order valence-corrected chi connectivity index (χ1v) is 8.67. The molecule has 0 unspecified atom stereocenters. The maximum absolute atomic E-state index is 6.25. The van der Waals surface area contributed by atoms with E-state index in [1.807, 2.05) is 12.1 Å². The molecule has 0 N–H and O–H groups in total. The van der Waals surface area contributed by atoms with E-state index in [0.717, 1.165) is 22.7 Å². The van der Waals surface area contributed by atoms with E-state index in [0.29, 0.717) is 6.71 Å². The summed E-state index contributed by atoms with van der Waals surface area (Å²) in [5.41, 5.74) is 9.52. The Kier molecular flexibility index (Phi) is 2.92. The molecule has 0 fully saturated rings. The average molecular weight is 335 g/mol. The number of fused-ring (bicyclic) bond motifs is 4. The Balaban J connectivity index is 1.84. The fourth-order valence-electron chi connectivity index (χ4n) is 4.24. The van der Waals surface area contributed by atoms with Gasteiger partial charge in [-0.15, -0.1) is 0 Å². The van der Waals surface area contributed by atoms with Gasteiger partial charge in [-0.3, -0.25) is 0 Å². The van der Waals surface area contributed by atoms with Crippen LogP contribution in [0.25, 0.3) is 22.3 Å². The lowest BCUT2D eigenvalue weighted by molar-refractivity contribution is 1.24. The van der Waals surface area contributed by atoms with Gasteiger partial charge in [0.25, 0.3) is 0 Å². The minimum atomic E-state index is 0.545. The van der Waals surface area contributed by atoms with Crippen molar-refractivity contribution in [2.45, 2.75) is 12.6 Å². The normalized spacial score (nSPS) is 14.1. The summed E-state index contributed by atoms with van der Waals surface area (Å²) < 4.78 is 0. The Labute approximate surface area is 146 Å². The average Bonchev–Trinajstić information content (AvgIpc) is 2.56. The summed E-state index contributed by atoms with van der Waals surface area (Å²) in [5, 5.41) is 1.61. The number of hydrogen-bond acceptors (Lipinski definition) is 0. The van der Waals surface area contributed by atoms with Gasteiger partial charge >= 0.3 is 0 Å². The maximum Gasteiger partial charge on any atom is 0.186 e. The molecule has 0 bridgehead atoms. The third-order valence-corrected chi connectivity index (χ3v) is 5.64. The van der Waals surface area contributed by atoms with Crippen molar-refractivity contribution in [3.63, 3.8) is 0 Å². The molecule has 0 aliphatic carbocycles. The van der Waals surface area contributed by atoms with Gasteiger partial charge in [0.05, 0.1) is 0 Å². The van der Waals surface area contributed by atoms with Crippen molar-refractivity contribution in [2.24, 2.45) is 0 Å². The van der Waals surface area contributed by atoms with Crippen molar-refractivity contribution in [1.29, 1.82) is 0 Å². The molecular weight excluding hydrogens is 322 g/mol. The molecule has 3 heteroatoms. The second kappa shape index (κ2) is 4.90. The quantitative estimate of drug-likeness (QED) is 0.494. The predicted molar refractivity (Wildman–Crippen MR) is 100 cm³/mol. The summed E-state index contributed by atoms with van der Waals surface area (Å²) in [5.74, 6) is 0. The second-order valence-corrected chi connectivity index (χ2v) is 7.35. The van der Waals surface area contributed by atoms with E-state index in [-0.39, 0.29) is 0 Å². The standard InChI is InChI=1S/C20H13BCl2/c22-14-6-4-12-10-21-11-13-5-7-15(23)9-19(13)17-3-1-2-16(20(17)21)18(12)8-14/h1-9H,10-11H2. The van der Waals surface area contributed by atoms with Gasteiger partial charge in [0.2, 0.25) is 0 Å². The van der Waals surface area contributed by atoms with Crippen molar-refractivity contribution in [2.75, 3.05) is 0 Å². The SMILES string of the molecule is Clc1ccc2c(c1)-c1cccc3c1B(C2)Cc1ccc(Cl)cc1-3. The molecule has 2 aliphatic rings. The van der Waals surface area contributed by atoms with Crippen LogP contribution in [0, 0.1) is 0 Å². The molecule has 0 atom stereocenters. The lowest BCUT2D eigenvalue weighted by Crippen LogP contribution is -2.43. The molecule has 110 valence electrons. The highest BCUT2D eigenvalue weighted by Gasteiger charge is 2.34. The lowest BCUT2D eigenvalue weighted by atomic mass is 9.33. The van der Waals surface area contributed by atoms with Crippen LogP contribution in [0.3, 0.4) is 0 Å². The van der Waals surface area contributed by atoms with Crippen molar-refractivity contribution in [1.82, 2.24) is 0 Å². The van der Waals surface area contributed by atoms with Crippen LogP contribution in [0.15, 0.2) is 54.6 Å². The van der Waals surface area contributed by atoms with Crippen molar-refractivity contribution in [3.05, 3.63) is 75.8 Å². The maximum atomic E-state index is 6.25. The van der Waals surface area contributed by atoms with Gasteiger partial charge in [0.1, 0.15) is 0 Å². The zero-order valence-electron chi connectivity index (χ0n) is 12.4. The molecule has 0 radical (unpaired) electrons. The summed E-state index contributed by atoms with van der Waals surface area (Å²) in [7, 11) is 0. The van der Waals surface area contributed by atoms with E-state index in [1.165, 1.54) is 38.8 Å². The van der Waals surface area contributed by atoms with Crippen LogP contribution in [0.5, 0.6) is 0 Å². The zero-order chi connectivity index (χ0) is 15.6. The molecule has 0 saturated carbocycles. The third kappa shape index (κ3) is 2.00. The van der Waals surface area contributed by atoms with Crippen molar-refractivity contribution in [3.8, 4) is 22.3 Å². The number of benzene rings is 3. The molecule has 0 saturated heterocycles. The van der Waals surface area contributed by atoms with Gasteiger partial charge < -0.3 is 0 Å². The highest BCUT2D eigenvalue weighted by molar-refractivity contribution is 6.76. The highest BCUT2D eigenvalue weighted by atomic mass is 35.5. The summed E-state index contributed by atoms with van der Waals surface area (Å²) in [6.45, 7) is 0.545. The summed E-state index contributed by atoms with van der Waals surface area (Å²) in [4.78, 5) is 0. The van der Waals surface area contributed by atoms with Crippen LogP contribution in [0.4, 0.5) is 0 Å². The zero-order valence-corrected chi connectivity index (χ0v) is 14.0. The predicted octanol–water partition coefficient (Wildman–Crippen LogP) is 5.22. The van der Waals surface area contributed by atoms with Gasteiger partial charge in [-0.2, -0.15) is 0 Å². The first-order valence-electron chi connectivity index (χ1n) is 7.91. The Morgan fingerprint density at radius 1 is 0.652 bits per heavy atom. The minimum Gasteiger partial charge on any atom is -0.0843 e. The van der Waals surface area contributed by atoms with Crippen LogP contribution in [-0.4, -0.2) is 6.71 Å². The molecule has 0 nitrogen and oxygen atoms in total. The van der Waals surface area contributed by atoms with E-state index in [9.17, 15) is 0 Å². The largest absolute Gasteiger partial charge is 0.186 e. The fourth-order valence-corrected chi connectivity index (χ4v) is 4.58. The van der Waals surface area contributed by atoms with Crippen LogP contribution < -0.4 is 5.46 Å². The molecule has 23 heavy (non-hydrogen) atoms. The van der Waals surface area contributed by atoms with Crippen molar-refractivity contribution < 1.29 is 0 Å². The topological polar surface area (TPSA) is 0 Å². The lowest BCUT2D eigenvalue weighted by Gasteiger charge is -2.33. The first kappa shape index (κ1) is 13.7.